The van der Waals surface area contributed by atoms with E-state index in [2.05, 4.69) is 11.2 Å². The summed E-state index contributed by atoms with van der Waals surface area (Å²) >= 11 is 0. The maximum atomic E-state index is 5.64. The predicted molar refractivity (Wildman–Crippen MR) is 53.2 cm³/mol. The fourth-order valence-corrected chi connectivity index (χ4v) is 1.50. The van der Waals surface area contributed by atoms with E-state index in [-0.39, 0.29) is 51.4 Å². The maximum Gasteiger partial charge on any atom is 1.00 e. The normalized spacial score (nSPS) is 15.0. The van der Waals surface area contributed by atoms with Crippen LogP contribution in [0.1, 0.15) is 12.8 Å². The first-order valence-electron chi connectivity index (χ1n) is 4.83. The van der Waals surface area contributed by atoms with Crippen molar-refractivity contribution in [3.63, 3.8) is 0 Å². The Bertz CT molecular complexity index is 476. The van der Waals surface area contributed by atoms with Crippen LogP contribution in [0.25, 0.3) is 10.9 Å². The molecule has 0 radical (unpaired) electrons. The van der Waals surface area contributed by atoms with Gasteiger partial charge in [-0.15, -0.1) is 12.1 Å². The monoisotopic (exact) mass is 226 g/mol. The van der Waals surface area contributed by atoms with E-state index >= 15 is 0 Å². The molecule has 1 saturated carbocycles. The summed E-state index contributed by atoms with van der Waals surface area (Å²) < 4.78 is 7.44. The Kier molecular flexibility index (Phi) is 3.52. The Labute approximate surface area is 131 Å². The van der Waals surface area contributed by atoms with Gasteiger partial charge in [-0.05, 0) is 24.6 Å². The smallest absolute Gasteiger partial charge is 0.516 e. The van der Waals surface area contributed by atoms with Crippen molar-refractivity contribution in [3.05, 3.63) is 24.4 Å². The van der Waals surface area contributed by atoms with Crippen LogP contribution in [0.5, 0.6) is 5.75 Å². The molecule has 1 heterocycles. The number of aromatic nitrogens is 2. The molecule has 15 heavy (non-hydrogen) atoms. The number of hydrogen-bond acceptors (Lipinski definition) is 2. The van der Waals surface area contributed by atoms with Gasteiger partial charge < -0.3 is 4.74 Å². The predicted octanol–water partition coefficient (Wildman–Crippen LogP) is -1.08. The molecule has 0 saturated heterocycles. The minimum atomic E-state index is 0. The molecular weight excluding hydrogens is 215 g/mol. The average Bonchev–Trinajstić information content (AvgIpc) is 2.86. The average molecular weight is 226 g/mol. The number of aryl methyl sites for hydroxylation is 1. The van der Waals surface area contributed by atoms with Gasteiger partial charge in [0.05, 0.1) is 6.10 Å². The largest absolute Gasteiger partial charge is 1.00 e. The van der Waals surface area contributed by atoms with Crippen molar-refractivity contribution in [3.8, 4) is 5.75 Å². The molecule has 1 aromatic heterocycles. The second-order valence-electron chi connectivity index (χ2n) is 3.76. The molecule has 0 amide bonds. The van der Waals surface area contributed by atoms with Gasteiger partial charge in [0.1, 0.15) is 0 Å². The van der Waals surface area contributed by atoms with Crippen LogP contribution in [0.3, 0.4) is 0 Å². The topological polar surface area (TPSA) is 27.1 Å². The Morgan fingerprint density at radius 2 is 2.33 bits per heavy atom. The molecule has 0 spiro atoms. The zero-order valence-electron chi connectivity index (χ0n) is 9.03. The Morgan fingerprint density at radius 1 is 1.53 bits per heavy atom. The SMILES string of the molecule is Cn1cc2c[c-]c(OC3CC3)cc2n1.[K+]. The zero-order chi connectivity index (χ0) is 9.54. The summed E-state index contributed by atoms with van der Waals surface area (Å²) in [6.07, 6.45) is 4.75. The van der Waals surface area contributed by atoms with E-state index in [9.17, 15) is 0 Å². The van der Waals surface area contributed by atoms with Crippen molar-refractivity contribution >= 4 is 10.9 Å². The van der Waals surface area contributed by atoms with E-state index in [4.69, 9.17) is 4.74 Å². The molecule has 72 valence electrons. The van der Waals surface area contributed by atoms with Crippen LogP contribution >= 0.6 is 0 Å². The third kappa shape index (κ3) is 2.63. The molecule has 1 aromatic carbocycles. The number of fused-ring (bicyclic) bond motifs is 1. The number of hydrogen-bond donors (Lipinski definition) is 0. The molecule has 0 N–H and O–H groups in total. The van der Waals surface area contributed by atoms with Crippen LogP contribution in [-0.2, 0) is 7.05 Å². The first kappa shape index (κ1) is 11.6. The molecule has 0 bridgehead atoms. The van der Waals surface area contributed by atoms with Crippen LogP contribution in [0, 0.1) is 6.07 Å². The van der Waals surface area contributed by atoms with Crippen LogP contribution in [-0.4, -0.2) is 15.9 Å². The van der Waals surface area contributed by atoms with Crippen molar-refractivity contribution in [1.82, 2.24) is 9.78 Å². The molecule has 2 aromatic rings. The van der Waals surface area contributed by atoms with E-state index in [1.807, 2.05) is 25.4 Å². The van der Waals surface area contributed by atoms with Gasteiger partial charge in [0, 0.05) is 12.8 Å². The van der Waals surface area contributed by atoms with Gasteiger partial charge in [-0.25, -0.2) is 5.10 Å². The number of benzene rings is 1. The van der Waals surface area contributed by atoms with E-state index in [1.165, 1.54) is 12.8 Å². The maximum absolute atomic E-state index is 5.64. The first-order chi connectivity index (χ1) is 6.81. The molecule has 1 aliphatic carbocycles. The van der Waals surface area contributed by atoms with E-state index < -0.39 is 0 Å². The minimum Gasteiger partial charge on any atom is -0.516 e. The zero-order valence-corrected chi connectivity index (χ0v) is 12.1. The summed E-state index contributed by atoms with van der Waals surface area (Å²) in [5.41, 5.74) is 0.974. The third-order valence-electron chi connectivity index (χ3n) is 2.34. The number of rotatable bonds is 2. The molecule has 0 atom stereocenters. The molecular formula is C11H11KN2O. The van der Waals surface area contributed by atoms with Crippen molar-refractivity contribution in [2.24, 2.45) is 7.05 Å². The number of ether oxygens (including phenoxy) is 1. The molecule has 3 rings (SSSR count). The summed E-state index contributed by atoms with van der Waals surface area (Å²) in [7, 11) is 1.92. The number of nitrogens with zero attached hydrogens (tertiary/aromatic N) is 2. The van der Waals surface area contributed by atoms with Gasteiger partial charge in [0.15, 0.2) is 0 Å². The van der Waals surface area contributed by atoms with Crippen molar-refractivity contribution in [2.45, 2.75) is 18.9 Å². The van der Waals surface area contributed by atoms with E-state index in [0.717, 1.165) is 16.7 Å². The summed E-state index contributed by atoms with van der Waals surface area (Å²) in [4.78, 5) is 0. The molecule has 0 unspecified atom stereocenters. The second kappa shape index (κ2) is 4.55. The Hall–Kier alpha value is 0.126. The van der Waals surface area contributed by atoms with Crippen molar-refractivity contribution in [2.75, 3.05) is 0 Å². The third-order valence-corrected chi connectivity index (χ3v) is 2.34. The summed E-state index contributed by atoms with van der Waals surface area (Å²) in [6.45, 7) is 0. The van der Waals surface area contributed by atoms with E-state index in [1.54, 1.807) is 4.68 Å². The fourth-order valence-electron chi connectivity index (χ4n) is 1.50. The van der Waals surface area contributed by atoms with Gasteiger partial charge in [-0.1, -0.05) is 5.39 Å². The van der Waals surface area contributed by atoms with Crippen LogP contribution in [0.15, 0.2) is 18.3 Å². The molecule has 1 fully saturated rings. The molecule has 1 aliphatic rings. The second-order valence-corrected chi connectivity index (χ2v) is 3.76. The van der Waals surface area contributed by atoms with E-state index in [0.29, 0.717) is 6.10 Å². The van der Waals surface area contributed by atoms with Crippen LogP contribution < -0.4 is 56.1 Å². The Balaban J connectivity index is 0.000000853. The molecule has 0 aliphatic heterocycles. The van der Waals surface area contributed by atoms with Crippen molar-refractivity contribution in [1.29, 1.82) is 0 Å². The van der Waals surface area contributed by atoms with Crippen molar-refractivity contribution < 1.29 is 56.1 Å². The van der Waals surface area contributed by atoms with Gasteiger partial charge in [-0.3, -0.25) is 4.68 Å². The van der Waals surface area contributed by atoms with Gasteiger partial charge in [-0.2, -0.15) is 6.07 Å². The van der Waals surface area contributed by atoms with Crippen LogP contribution in [0.4, 0.5) is 0 Å². The molecule has 4 heteroatoms. The van der Waals surface area contributed by atoms with Gasteiger partial charge in [0.2, 0.25) is 0 Å². The fraction of sp³-hybridized carbons (Fsp3) is 0.364. The standard InChI is InChI=1S/C11H11N2O.K/c1-13-7-8-2-3-10(6-11(8)12-13)14-9-4-5-9;/h2,6-7,9H,4-5H2,1H3;/q-1;+1. The molecule has 3 nitrogen and oxygen atoms in total. The van der Waals surface area contributed by atoms with Crippen LogP contribution in [0.2, 0.25) is 0 Å². The Morgan fingerprint density at radius 3 is 3.07 bits per heavy atom. The first-order valence-corrected chi connectivity index (χ1v) is 4.83. The quantitative estimate of drug-likeness (QED) is 0.481. The van der Waals surface area contributed by atoms with Gasteiger partial charge in [0.25, 0.3) is 0 Å². The summed E-state index contributed by atoms with van der Waals surface area (Å²) in [6, 6.07) is 7.00. The summed E-state index contributed by atoms with van der Waals surface area (Å²) in [5, 5.41) is 5.43. The minimum absolute atomic E-state index is 0. The van der Waals surface area contributed by atoms with Gasteiger partial charge >= 0.3 is 51.4 Å². The summed E-state index contributed by atoms with van der Waals surface area (Å²) in [5.74, 6) is 0.818.